The third kappa shape index (κ3) is 3.11. The number of para-hydroxylation sites is 1. The molecule has 1 unspecified atom stereocenters. The zero-order valence-corrected chi connectivity index (χ0v) is 11.8. The lowest BCUT2D eigenvalue weighted by molar-refractivity contribution is 0.614. The Balaban J connectivity index is 1.70. The number of nitrogens with zero attached hydrogens (tertiary/aromatic N) is 1. The average Bonchev–Trinajstić information content (AvgIpc) is 2.55. The lowest BCUT2D eigenvalue weighted by atomic mass is 10.0. The summed E-state index contributed by atoms with van der Waals surface area (Å²) in [6.45, 7) is 1.12. The van der Waals surface area contributed by atoms with E-state index >= 15 is 0 Å². The summed E-state index contributed by atoms with van der Waals surface area (Å²) in [5.74, 6) is 0. The number of hydrogen-bond donors (Lipinski definition) is 0. The Morgan fingerprint density at radius 2 is 1.60 bits per heavy atom. The first-order valence-electron chi connectivity index (χ1n) is 7.46. The lowest BCUT2D eigenvalue weighted by Crippen LogP contribution is -2.37. The molecule has 0 saturated carbocycles. The summed E-state index contributed by atoms with van der Waals surface area (Å²) in [5, 5.41) is 0. The SMILES string of the molecule is C1=CC(CCc2ccccc2)N(c2ccccc2)CC1. The van der Waals surface area contributed by atoms with Gasteiger partial charge in [-0.2, -0.15) is 0 Å². The summed E-state index contributed by atoms with van der Waals surface area (Å²) in [7, 11) is 0. The minimum atomic E-state index is 0.520. The summed E-state index contributed by atoms with van der Waals surface area (Å²) < 4.78 is 0. The van der Waals surface area contributed by atoms with Crippen LogP contribution in [0.15, 0.2) is 72.8 Å². The fourth-order valence-electron chi connectivity index (χ4n) is 2.89. The van der Waals surface area contributed by atoms with Gasteiger partial charge in [0, 0.05) is 18.3 Å². The summed E-state index contributed by atoms with van der Waals surface area (Å²) in [6.07, 6.45) is 8.17. The van der Waals surface area contributed by atoms with Gasteiger partial charge >= 0.3 is 0 Å². The Labute approximate surface area is 121 Å². The van der Waals surface area contributed by atoms with Crippen LogP contribution < -0.4 is 4.90 Å². The van der Waals surface area contributed by atoms with Gasteiger partial charge in [-0.1, -0.05) is 60.7 Å². The molecule has 102 valence electrons. The molecule has 0 bridgehead atoms. The molecule has 1 atom stereocenters. The normalized spacial score (nSPS) is 18.2. The third-order valence-electron chi connectivity index (χ3n) is 3.95. The van der Waals surface area contributed by atoms with Crippen LogP contribution in [0.1, 0.15) is 18.4 Å². The molecule has 1 heterocycles. The summed E-state index contributed by atoms with van der Waals surface area (Å²) in [4.78, 5) is 2.53. The van der Waals surface area contributed by atoms with Crippen molar-refractivity contribution in [1.82, 2.24) is 0 Å². The van der Waals surface area contributed by atoms with Crippen molar-refractivity contribution in [2.24, 2.45) is 0 Å². The first-order chi connectivity index (χ1) is 9.93. The van der Waals surface area contributed by atoms with E-state index in [4.69, 9.17) is 0 Å². The quantitative estimate of drug-likeness (QED) is 0.736. The number of anilines is 1. The highest BCUT2D eigenvalue weighted by molar-refractivity contribution is 5.49. The van der Waals surface area contributed by atoms with E-state index in [1.807, 2.05) is 0 Å². The predicted molar refractivity (Wildman–Crippen MR) is 86.1 cm³/mol. The van der Waals surface area contributed by atoms with Crippen LogP contribution in [0.2, 0.25) is 0 Å². The van der Waals surface area contributed by atoms with E-state index in [0.29, 0.717) is 6.04 Å². The predicted octanol–water partition coefficient (Wildman–Crippen LogP) is 4.45. The van der Waals surface area contributed by atoms with Crippen molar-refractivity contribution in [1.29, 1.82) is 0 Å². The lowest BCUT2D eigenvalue weighted by Gasteiger charge is -2.34. The van der Waals surface area contributed by atoms with Crippen molar-refractivity contribution in [3.8, 4) is 0 Å². The molecule has 1 aliphatic heterocycles. The van der Waals surface area contributed by atoms with Gasteiger partial charge in [0.1, 0.15) is 0 Å². The first kappa shape index (κ1) is 13.0. The zero-order valence-electron chi connectivity index (χ0n) is 11.8. The maximum Gasteiger partial charge on any atom is 0.0476 e. The van der Waals surface area contributed by atoms with Crippen LogP contribution in [0.4, 0.5) is 5.69 Å². The van der Waals surface area contributed by atoms with Crippen LogP contribution in [-0.4, -0.2) is 12.6 Å². The maximum atomic E-state index is 2.53. The van der Waals surface area contributed by atoms with E-state index in [9.17, 15) is 0 Å². The van der Waals surface area contributed by atoms with Gasteiger partial charge in [-0.3, -0.25) is 0 Å². The standard InChI is InChI=1S/C19H21N/c1-3-9-17(10-4-1)14-15-19-13-7-8-16-20(19)18-11-5-2-6-12-18/h1-7,9-13,19H,8,14-16H2. The molecule has 0 radical (unpaired) electrons. The van der Waals surface area contributed by atoms with Crippen LogP contribution >= 0.6 is 0 Å². The fraction of sp³-hybridized carbons (Fsp3) is 0.263. The average molecular weight is 263 g/mol. The second-order valence-corrected chi connectivity index (χ2v) is 5.34. The Kier molecular flexibility index (Phi) is 4.17. The fourth-order valence-corrected chi connectivity index (χ4v) is 2.89. The van der Waals surface area contributed by atoms with Crippen molar-refractivity contribution in [2.75, 3.05) is 11.4 Å². The van der Waals surface area contributed by atoms with Gasteiger partial charge in [-0.25, -0.2) is 0 Å². The van der Waals surface area contributed by atoms with Crippen molar-refractivity contribution in [2.45, 2.75) is 25.3 Å². The van der Waals surface area contributed by atoms with Crippen molar-refractivity contribution >= 4 is 5.69 Å². The molecular weight excluding hydrogens is 242 g/mol. The van der Waals surface area contributed by atoms with Crippen LogP contribution in [0.3, 0.4) is 0 Å². The molecule has 0 N–H and O–H groups in total. The second kappa shape index (κ2) is 6.42. The largest absolute Gasteiger partial charge is 0.365 e. The van der Waals surface area contributed by atoms with Crippen molar-refractivity contribution in [3.63, 3.8) is 0 Å². The summed E-state index contributed by atoms with van der Waals surface area (Å²) in [6, 6.07) is 22.1. The highest BCUT2D eigenvalue weighted by atomic mass is 15.2. The van der Waals surface area contributed by atoms with E-state index < -0.39 is 0 Å². The summed E-state index contributed by atoms with van der Waals surface area (Å²) in [5.41, 5.74) is 2.77. The smallest absolute Gasteiger partial charge is 0.0476 e. The van der Waals surface area contributed by atoms with E-state index in [2.05, 4.69) is 77.7 Å². The van der Waals surface area contributed by atoms with E-state index in [0.717, 1.165) is 19.4 Å². The molecule has 0 fully saturated rings. The minimum absolute atomic E-state index is 0.520. The molecule has 1 aliphatic rings. The van der Waals surface area contributed by atoms with Crippen LogP contribution in [0, 0.1) is 0 Å². The third-order valence-corrected chi connectivity index (χ3v) is 3.95. The summed E-state index contributed by atoms with van der Waals surface area (Å²) >= 11 is 0. The molecule has 20 heavy (non-hydrogen) atoms. The number of hydrogen-bond acceptors (Lipinski definition) is 1. The van der Waals surface area contributed by atoms with Gasteiger partial charge in [0.25, 0.3) is 0 Å². The van der Waals surface area contributed by atoms with Gasteiger partial charge in [0.15, 0.2) is 0 Å². The molecular formula is C19H21N. The molecule has 0 spiro atoms. The van der Waals surface area contributed by atoms with Crippen LogP contribution in [0.25, 0.3) is 0 Å². The molecule has 2 aromatic rings. The highest BCUT2D eigenvalue weighted by Crippen LogP contribution is 2.23. The van der Waals surface area contributed by atoms with Gasteiger partial charge < -0.3 is 4.90 Å². The maximum absolute atomic E-state index is 2.53. The Hall–Kier alpha value is -2.02. The van der Waals surface area contributed by atoms with Crippen molar-refractivity contribution in [3.05, 3.63) is 78.4 Å². The van der Waals surface area contributed by atoms with Gasteiger partial charge in [-0.15, -0.1) is 0 Å². The van der Waals surface area contributed by atoms with Crippen LogP contribution in [0.5, 0.6) is 0 Å². The van der Waals surface area contributed by atoms with E-state index in [-0.39, 0.29) is 0 Å². The molecule has 3 rings (SSSR count). The zero-order chi connectivity index (χ0) is 13.6. The van der Waals surface area contributed by atoms with Crippen molar-refractivity contribution < 1.29 is 0 Å². The molecule has 0 saturated heterocycles. The highest BCUT2D eigenvalue weighted by Gasteiger charge is 2.18. The second-order valence-electron chi connectivity index (χ2n) is 5.34. The Morgan fingerprint density at radius 3 is 2.35 bits per heavy atom. The topological polar surface area (TPSA) is 3.24 Å². The Bertz CT molecular complexity index is 544. The number of aryl methyl sites for hydroxylation is 1. The molecule has 0 aromatic heterocycles. The van der Waals surface area contributed by atoms with Gasteiger partial charge in [-0.05, 0) is 37.0 Å². The first-order valence-corrected chi connectivity index (χ1v) is 7.46. The monoisotopic (exact) mass is 263 g/mol. The molecule has 0 amide bonds. The molecule has 2 aromatic carbocycles. The molecule has 0 aliphatic carbocycles. The molecule has 1 nitrogen and oxygen atoms in total. The minimum Gasteiger partial charge on any atom is -0.365 e. The van der Waals surface area contributed by atoms with Gasteiger partial charge in [0.05, 0.1) is 0 Å². The number of benzene rings is 2. The Morgan fingerprint density at radius 1 is 0.900 bits per heavy atom. The molecule has 1 heteroatoms. The van der Waals surface area contributed by atoms with E-state index in [1.165, 1.54) is 17.7 Å². The number of rotatable bonds is 4. The van der Waals surface area contributed by atoms with E-state index in [1.54, 1.807) is 0 Å². The van der Waals surface area contributed by atoms with Crippen LogP contribution in [-0.2, 0) is 6.42 Å². The van der Waals surface area contributed by atoms with Gasteiger partial charge in [0.2, 0.25) is 0 Å².